The summed E-state index contributed by atoms with van der Waals surface area (Å²) in [5, 5.41) is 2.92. The lowest BCUT2D eigenvalue weighted by Gasteiger charge is -2.48. The van der Waals surface area contributed by atoms with Gasteiger partial charge >= 0.3 is 12.3 Å². The normalized spacial score (nSPS) is 20.5. The number of piperidine rings is 2. The second kappa shape index (κ2) is 15.3. The lowest BCUT2D eigenvalue weighted by molar-refractivity contribution is -0.136. The van der Waals surface area contributed by atoms with E-state index in [0.29, 0.717) is 49.4 Å². The average molecular weight is 711 g/mol. The highest BCUT2D eigenvalue weighted by molar-refractivity contribution is 5.92. The van der Waals surface area contributed by atoms with Crippen LogP contribution >= 0.6 is 0 Å². The number of likely N-dealkylation sites (tertiary alicyclic amines) is 1. The average Bonchev–Trinajstić information content (AvgIpc) is 3.08. The molecule has 4 aliphatic heterocycles. The van der Waals surface area contributed by atoms with Gasteiger partial charge in [0.25, 0.3) is 0 Å². The Hall–Kier alpha value is -4.09. The Morgan fingerprint density at radius 2 is 1.53 bits per heavy atom. The SMILES string of the molecule is [C-]#[N+]c1ccc(N2CCC(C(=O)Nc3ccc(N4CCC(CN5CCN(C6CN(C(=O)OC(C)(C)C)C6)CC5)CC4)cn3)CC2)cc1C(F)(F)F. The third-order valence-electron chi connectivity index (χ3n) is 10.6. The molecule has 0 aliphatic carbocycles. The van der Waals surface area contributed by atoms with Gasteiger partial charge in [0.15, 0.2) is 5.69 Å². The van der Waals surface area contributed by atoms with Crippen LogP contribution in [0.5, 0.6) is 0 Å². The zero-order valence-corrected chi connectivity index (χ0v) is 29.8. The van der Waals surface area contributed by atoms with Crippen LogP contribution in [-0.2, 0) is 15.7 Å². The summed E-state index contributed by atoms with van der Waals surface area (Å²) in [6, 6.07) is 8.05. The topological polar surface area (TPSA) is 88.9 Å². The molecule has 1 N–H and O–H groups in total. The van der Waals surface area contributed by atoms with Gasteiger partial charge in [-0.2, -0.15) is 13.2 Å². The summed E-state index contributed by atoms with van der Waals surface area (Å²) in [4.78, 5) is 43.9. The predicted molar refractivity (Wildman–Crippen MR) is 190 cm³/mol. The van der Waals surface area contributed by atoms with Gasteiger partial charge < -0.3 is 29.7 Å². The number of pyridine rings is 1. The number of nitrogens with zero attached hydrogens (tertiary/aromatic N) is 7. The minimum atomic E-state index is -4.60. The summed E-state index contributed by atoms with van der Waals surface area (Å²) in [5.74, 6) is 0.750. The highest BCUT2D eigenvalue weighted by atomic mass is 19.4. The van der Waals surface area contributed by atoms with E-state index in [1.54, 1.807) is 11.0 Å². The highest BCUT2D eigenvalue weighted by Crippen LogP contribution is 2.39. The number of ether oxygens (including phenoxy) is 1. The van der Waals surface area contributed by atoms with Crippen LogP contribution in [0.4, 0.5) is 40.8 Å². The monoisotopic (exact) mass is 710 g/mol. The fraction of sp³-hybridized carbons (Fsp3) is 0.622. The van der Waals surface area contributed by atoms with E-state index >= 15 is 0 Å². The smallest absolute Gasteiger partial charge is 0.410 e. The van der Waals surface area contributed by atoms with Crippen LogP contribution in [0.25, 0.3) is 4.85 Å². The minimum Gasteiger partial charge on any atom is -0.444 e. The van der Waals surface area contributed by atoms with E-state index in [2.05, 4.69) is 29.8 Å². The standard InChI is InChI=1S/C37H49F3N8O3/c1-36(2,3)51-35(50)48-24-30(25-48)47-19-17-44(18-20-47)23-26-9-13-46(14-10-26)29-6-8-33(42-22-29)43-34(49)27-11-15-45(16-12-27)28-5-7-32(41-4)31(21-28)37(38,39)40/h5-8,21-22,26-27,30H,9-20,23-25H2,1-3H3,(H,42,43,49). The number of anilines is 3. The second-order valence-corrected chi connectivity index (χ2v) is 15.3. The van der Waals surface area contributed by atoms with Crippen molar-refractivity contribution in [2.45, 2.75) is 64.3 Å². The molecule has 11 nitrogen and oxygen atoms in total. The number of piperazine rings is 1. The molecule has 5 heterocycles. The van der Waals surface area contributed by atoms with Crippen molar-refractivity contribution in [3.05, 3.63) is 53.5 Å². The molecular formula is C37H49F3N8O3. The zero-order valence-electron chi connectivity index (χ0n) is 29.8. The molecule has 6 rings (SSSR count). The predicted octanol–water partition coefficient (Wildman–Crippen LogP) is 5.96. The molecular weight excluding hydrogens is 661 g/mol. The number of alkyl halides is 3. The van der Waals surface area contributed by atoms with Gasteiger partial charge in [-0.15, -0.1) is 0 Å². The molecule has 4 aliphatic rings. The lowest BCUT2D eigenvalue weighted by Crippen LogP contribution is -2.64. The van der Waals surface area contributed by atoms with Crippen LogP contribution in [0, 0.1) is 18.4 Å². The summed E-state index contributed by atoms with van der Waals surface area (Å²) < 4.78 is 45.8. The Bertz CT molecular complexity index is 1560. The van der Waals surface area contributed by atoms with Crippen molar-refractivity contribution >= 4 is 34.9 Å². The van der Waals surface area contributed by atoms with Gasteiger partial charge in [-0.05, 0) is 76.6 Å². The van der Waals surface area contributed by atoms with Crippen molar-refractivity contribution in [2.24, 2.45) is 11.8 Å². The maximum Gasteiger partial charge on any atom is 0.410 e. The number of rotatable bonds is 7. The molecule has 2 amide bonds. The van der Waals surface area contributed by atoms with Crippen LogP contribution in [-0.4, -0.2) is 115 Å². The molecule has 0 spiro atoms. The molecule has 4 fully saturated rings. The third kappa shape index (κ3) is 9.23. The molecule has 0 saturated carbocycles. The summed E-state index contributed by atoms with van der Waals surface area (Å²) >= 11 is 0. The number of hydrogen-bond donors (Lipinski definition) is 1. The summed E-state index contributed by atoms with van der Waals surface area (Å²) in [6.07, 6.45) is 0.251. The van der Waals surface area contributed by atoms with E-state index < -0.39 is 23.0 Å². The van der Waals surface area contributed by atoms with Gasteiger partial charge in [-0.1, -0.05) is 6.07 Å². The van der Waals surface area contributed by atoms with Gasteiger partial charge in [0.1, 0.15) is 11.4 Å². The fourth-order valence-corrected chi connectivity index (χ4v) is 7.53. The first-order chi connectivity index (χ1) is 24.3. The quantitative estimate of drug-likeness (QED) is 0.353. The summed E-state index contributed by atoms with van der Waals surface area (Å²) in [6.45, 7) is 22.3. The minimum absolute atomic E-state index is 0.133. The van der Waals surface area contributed by atoms with Gasteiger partial charge in [0.05, 0.1) is 24.0 Å². The Morgan fingerprint density at radius 3 is 2.12 bits per heavy atom. The van der Waals surface area contributed by atoms with E-state index in [1.807, 2.05) is 44.0 Å². The number of nitrogens with one attached hydrogen (secondary N) is 1. The third-order valence-corrected chi connectivity index (χ3v) is 10.6. The molecule has 1 aromatic carbocycles. The van der Waals surface area contributed by atoms with Crippen molar-refractivity contribution in [3.63, 3.8) is 0 Å². The highest BCUT2D eigenvalue weighted by Gasteiger charge is 2.38. The summed E-state index contributed by atoms with van der Waals surface area (Å²) in [5.41, 5.74) is -0.360. The lowest BCUT2D eigenvalue weighted by atomic mass is 9.95. The number of amides is 2. The number of benzene rings is 1. The van der Waals surface area contributed by atoms with Crippen LogP contribution in [0.3, 0.4) is 0 Å². The Balaban J connectivity index is 0.884. The van der Waals surface area contributed by atoms with Crippen molar-refractivity contribution in [2.75, 3.05) is 87.1 Å². The van der Waals surface area contributed by atoms with Crippen molar-refractivity contribution in [1.82, 2.24) is 19.7 Å². The molecule has 2 aromatic rings. The van der Waals surface area contributed by atoms with Crippen LogP contribution in [0.1, 0.15) is 52.0 Å². The number of aromatic nitrogens is 1. The molecule has 0 unspecified atom stereocenters. The Labute approximate surface area is 298 Å². The van der Waals surface area contributed by atoms with Gasteiger partial charge in [-0.3, -0.25) is 9.69 Å². The second-order valence-electron chi connectivity index (χ2n) is 15.3. The van der Waals surface area contributed by atoms with E-state index in [0.717, 1.165) is 83.5 Å². The van der Waals surface area contributed by atoms with Crippen LogP contribution < -0.4 is 15.1 Å². The molecule has 14 heteroatoms. The Morgan fingerprint density at radius 1 is 0.902 bits per heavy atom. The molecule has 0 atom stereocenters. The van der Waals surface area contributed by atoms with Crippen LogP contribution in [0.2, 0.25) is 0 Å². The largest absolute Gasteiger partial charge is 0.444 e. The maximum atomic E-state index is 13.4. The van der Waals surface area contributed by atoms with Crippen LogP contribution in [0.15, 0.2) is 36.5 Å². The van der Waals surface area contributed by atoms with E-state index in [9.17, 15) is 22.8 Å². The van der Waals surface area contributed by atoms with E-state index in [-0.39, 0.29) is 17.9 Å². The molecule has 0 bridgehead atoms. The molecule has 1 aromatic heterocycles. The van der Waals surface area contributed by atoms with Crippen molar-refractivity contribution < 1.29 is 27.5 Å². The number of carbonyl (C=O) groups is 2. The van der Waals surface area contributed by atoms with E-state index in [1.165, 1.54) is 6.07 Å². The zero-order chi connectivity index (χ0) is 36.3. The Kier molecular flexibility index (Phi) is 11.0. The van der Waals surface area contributed by atoms with Gasteiger partial charge in [-0.25, -0.2) is 14.6 Å². The fourth-order valence-electron chi connectivity index (χ4n) is 7.53. The van der Waals surface area contributed by atoms with E-state index in [4.69, 9.17) is 11.3 Å². The molecule has 276 valence electrons. The first-order valence-corrected chi connectivity index (χ1v) is 18.1. The molecule has 51 heavy (non-hydrogen) atoms. The maximum absolute atomic E-state index is 13.4. The first-order valence-electron chi connectivity index (χ1n) is 18.1. The van der Waals surface area contributed by atoms with Crippen molar-refractivity contribution in [3.8, 4) is 0 Å². The molecule has 4 saturated heterocycles. The first kappa shape index (κ1) is 36.7. The van der Waals surface area contributed by atoms with Crippen molar-refractivity contribution in [1.29, 1.82) is 0 Å². The summed E-state index contributed by atoms with van der Waals surface area (Å²) in [7, 11) is 0. The van der Waals surface area contributed by atoms with Gasteiger partial charge in [0.2, 0.25) is 5.91 Å². The molecule has 0 radical (unpaired) electrons. The number of carbonyl (C=O) groups excluding carboxylic acids is 2. The number of halogens is 3. The van der Waals surface area contributed by atoms with Gasteiger partial charge in [0, 0.05) is 89.6 Å². The number of hydrogen-bond acceptors (Lipinski definition) is 8.